The van der Waals surface area contributed by atoms with Crippen LogP contribution in [0.2, 0.25) is 5.02 Å². The van der Waals surface area contributed by atoms with Crippen LogP contribution in [0.3, 0.4) is 0 Å². The largest absolute Gasteiger partial charge is 0.507 e. The third kappa shape index (κ3) is 3.76. The van der Waals surface area contributed by atoms with Gasteiger partial charge in [0.05, 0.1) is 17.2 Å². The maximum absolute atomic E-state index is 13.9. The summed E-state index contributed by atoms with van der Waals surface area (Å²) in [4.78, 5) is 27.2. The summed E-state index contributed by atoms with van der Waals surface area (Å²) in [5, 5.41) is 11.5. The number of aliphatic hydroxyl groups is 1. The van der Waals surface area contributed by atoms with Crippen molar-refractivity contribution in [3.05, 3.63) is 88.1 Å². The molecule has 164 valence electrons. The molecule has 0 aliphatic carbocycles. The first-order chi connectivity index (χ1) is 15.3. The van der Waals surface area contributed by atoms with E-state index in [0.29, 0.717) is 23.1 Å². The monoisotopic (exact) mass is 455 g/mol. The molecule has 0 bridgehead atoms. The lowest BCUT2D eigenvalue weighted by Crippen LogP contribution is -2.29. The molecule has 0 spiro atoms. The number of carbonyl (C=O) groups excluding carboxylic acids is 2. The number of hydrogen-bond donors (Lipinski definition) is 1. The van der Waals surface area contributed by atoms with Crippen molar-refractivity contribution in [1.82, 2.24) is 0 Å². The number of ether oxygens (including phenoxy) is 1. The molecule has 2 heterocycles. The fourth-order valence-corrected chi connectivity index (χ4v) is 3.84. The van der Waals surface area contributed by atoms with E-state index < -0.39 is 29.3 Å². The van der Waals surface area contributed by atoms with Crippen LogP contribution >= 0.6 is 11.6 Å². The normalized spacial score (nSPS) is 17.8. The Bertz CT molecular complexity index is 1250. The predicted molar refractivity (Wildman–Crippen MR) is 117 cm³/mol. The molecule has 1 aliphatic heterocycles. The molecule has 1 N–H and O–H groups in total. The van der Waals surface area contributed by atoms with Gasteiger partial charge in [0.15, 0.2) is 0 Å². The number of aryl methyl sites for hydroxylation is 1. The molecule has 1 unspecified atom stereocenters. The van der Waals surface area contributed by atoms with Crippen molar-refractivity contribution in [3.8, 4) is 5.75 Å². The predicted octanol–water partition coefficient (Wildman–Crippen LogP) is 5.41. The smallest absolute Gasteiger partial charge is 0.300 e. The minimum absolute atomic E-state index is 0.163. The first kappa shape index (κ1) is 21.6. The Labute approximate surface area is 188 Å². The van der Waals surface area contributed by atoms with Gasteiger partial charge in [-0.25, -0.2) is 4.39 Å². The number of hydrogen-bond acceptors (Lipinski definition) is 5. The van der Waals surface area contributed by atoms with Gasteiger partial charge in [0.25, 0.3) is 11.7 Å². The lowest BCUT2D eigenvalue weighted by Gasteiger charge is -2.23. The Hall–Kier alpha value is -3.58. The topological polar surface area (TPSA) is 80.0 Å². The molecule has 32 heavy (non-hydrogen) atoms. The van der Waals surface area contributed by atoms with E-state index in [9.17, 15) is 19.1 Å². The van der Waals surface area contributed by atoms with Crippen LogP contribution in [0, 0.1) is 12.7 Å². The quantitative estimate of drug-likeness (QED) is 0.316. The van der Waals surface area contributed by atoms with E-state index in [1.807, 2.05) is 0 Å². The first-order valence-electron chi connectivity index (χ1n) is 9.87. The highest BCUT2D eigenvalue weighted by Gasteiger charge is 2.48. The van der Waals surface area contributed by atoms with Crippen molar-refractivity contribution in [2.24, 2.45) is 0 Å². The third-order valence-corrected chi connectivity index (χ3v) is 5.38. The SMILES string of the molecule is CCOc1cc(/C(O)=C2/C(=O)C(=O)N(c3cccc(F)c3)C2c2ccc(C)o2)ccc1Cl. The Morgan fingerprint density at radius 3 is 2.62 bits per heavy atom. The van der Waals surface area contributed by atoms with Crippen LogP contribution in [0.4, 0.5) is 10.1 Å². The average molecular weight is 456 g/mol. The zero-order valence-electron chi connectivity index (χ0n) is 17.3. The van der Waals surface area contributed by atoms with Crippen molar-refractivity contribution in [2.75, 3.05) is 11.5 Å². The van der Waals surface area contributed by atoms with Gasteiger partial charge >= 0.3 is 0 Å². The number of halogens is 2. The van der Waals surface area contributed by atoms with Crippen molar-refractivity contribution < 1.29 is 28.2 Å². The van der Waals surface area contributed by atoms with Gasteiger partial charge in [-0.3, -0.25) is 14.5 Å². The summed E-state index contributed by atoms with van der Waals surface area (Å²) in [7, 11) is 0. The molecule has 1 atom stereocenters. The lowest BCUT2D eigenvalue weighted by atomic mass is 9.99. The van der Waals surface area contributed by atoms with Crippen molar-refractivity contribution in [3.63, 3.8) is 0 Å². The molecule has 1 aromatic heterocycles. The van der Waals surface area contributed by atoms with Gasteiger partial charge in [0.2, 0.25) is 0 Å². The maximum Gasteiger partial charge on any atom is 0.300 e. The number of aliphatic hydroxyl groups excluding tert-OH is 1. The van der Waals surface area contributed by atoms with Crippen LogP contribution in [-0.4, -0.2) is 23.4 Å². The van der Waals surface area contributed by atoms with Gasteiger partial charge in [-0.2, -0.15) is 0 Å². The van der Waals surface area contributed by atoms with Gasteiger partial charge in [-0.1, -0.05) is 17.7 Å². The number of benzene rings is 2. The standard InChI is InChI=1S/C24H19ClFNO5/c1-3-31-19-11-14(8-9-17(19)25)22(28)20-21(18-10-7-13(2)32-18)27(24(30)23(20)29)16-6-4-5-15(26)12-16/h4-12,21,28H,3H2,1-2H3/b22-20-. The minimum atomic E-state index is -1.09. The van der Waals surface area contributed by atoms with Gasteiger partial charge in [-0.15, -0.1) is 0 Å². The molecule has 1 saturated heterocycles. The van der Waals surface area contributed by atoms with Gasteiger partial charge in [0.1, 0.15) is 34.9 Å². The molecule has 8 heteroatoms. The second kappa shape index (κ2) is 8.51. The zero-order chi connectivity index (χ0) is 23.0. The van der Waals surface area contributed by atoms with Gasteiger partial charge < -0.3 is 14.3 Å². The number of nitrogens with zero attached hydrogens (tertiary/aromatic N) is 1. The molecule has 4 rings (SSSR count). The van der Waals surface area contributed by atoms with Crippen LogP contribution < -0.4 is 9.64 Å². The number of ketones is 1. The van der Waals surface area contributed by atoms with Gasteiger partial charge in [-0.05, 0) is 62.4 Å². The van der Waals surface area contributed by atoms with Crippen LogP contribution in [0.1, 0.15) is 30.0 Å². The summed E-state index contributed by atoms with van der Waals surface area (Å²) in [6.45, 7) is 3.84. The van der Waals surface area contributed by atoms with E-state index in [4.69, 9.17) is 20.8 Å². The minimum Gasteiger partial charge on any atom is -0.507 e. The van der Waals surface area contributed by atoms with Crippen LogP contribution in [0.15, 0.2) is 64.6 Å². The fraction of sp³-hybridized carbons (Fsp3) is 0.167. The third-order valence-electron chi connectivity index (χ3n) is 5.07. The second-order valence-corrected chi connectivity index (χ2v) is 7.58. The zero-order valence-corrected chi connectivity index (χ0v) is 18.0. The molecule has 1 aliphatic rings. The molecule has 6 nitrogen and oxygen atoms in total. The lowest BCUT2D eigenvalue weighted by molar-refractivity contribution is -0.132. The number of carbonyl (C=O) groups is 2. The van der Waals surface area contributed by atoms with Crippen molar-refractivity contribution >= 4 is 34.7 Å². The van der Waals surface area contributed by atoms with Crippen molar-refractivity contribution in [2.45, 2.75) is 19.9 Å². The highest BCUT2D eigenvalue weighted by atomic mass is 35.5. The van der Waals surface area contributed by atoms with Crippen LogP contribution in [0.25, 0.3) is 5.76 Å². The molecule has 1 fully saturated rings. The Kier molecular flexibility index (Phi) is 5.76. The molecule has 3 aromatic rings. The van der Waals surface area contributed by atoms with E-state index in [0.717, 1.165) is 11.0 Å². The summed E-state index contributed by atoms with van der Waals surface area (Å²) < 4.78 is 25.1. The molecule has 0 radical (unpaired) electrons. The second-order valence-electron chi connectivity index (χ2n) is 7.18. The number of furan rings is 1. The van der Waals surface area contributed by atoms with E-state index in [2.05, 4.69) is 0 Å². The first-order valence-corrected chi connectivity index (χ1v) is 10.2. The molecule has 0 saturated carbocycles. The molecule has 1 amide bonds. The Morgan fingerprint density at radius 2 is 1.97 bits per heavy atom. The highest BCUT2D eigenvalue weighted by molar-refractivity contribution is 6.51. The Balaban J connectivity index is 1.92. The molecular weight excluding hydrogens is 437 g/mol. The van der Waals surface area contributed by atoms with Crippen LogP contribution in [0.5, 0.6) is 5.75 Å². The maximum atomic E-state index is 13.9. The average Bonchev–Trinajstić information content (AvgIpc) is 3.30. The van der Waals surface area contributed by atoms with E-state index in [1.54, 1.807) is 26.0 Å². The summed E-state index contributed by atoms with van der Waals surface area (Å²) in [6.07, 6.45) is 0. The summed E-state index contributed by atoms with van der Waals surface area (Å²) in [5.41, 5.74) is 0.220. The number of amides is 1. The van der Waals surface area contributed by atoms with Crippen LogP contribution in [-0.2, 0) is 9.59 Å². The summed E-state index contributed by atoms with van der Waals surface area (Å²) in [6, 6.07) is 12.0. The summed E-state index contributed by atoms with van der Waals surface area (Å²) in [5.74, 6) is -1.69. The molecule has 2 aromatic carbocycles. The molecular formula is C24H19ClFNO5. The number of rotatable bonds is 5. The fourth-order valence-electron chi connectivity index (χ4n) is 3.67. The van der Waals surface area contributed by atoms with E-state index >= 15 is 0 Å². The highest BCUT2D eigenvalue weighted by Crippen LogP contribution is 2.43. The number of anilines is 1. The van der Waals surface area contributed by atoms with E-state index in [-0.39, 0.29) is 22.6 Å². The van der Waals surface area contributed by atoms with E-state index in [1.165, 1.54) is 36.4 Å². The number of Topliss-reactive ketones (excluding diaryl/α,β-unsaturated/α-hetero) is 1. The Morgan fingerprint density at radius 1 is 1.19 bits per heavy atom. The van der Waals surface area contributed by atoms with Gasteiger partial charge in [0, 0.05) is 11.3 Å². The summed E-state index contributed by atoms with van der Waals surface area (Å²) >= 11 is 6.13. The van der Waals surface area contributed by atoms with Crippen molar-refractivity contribution in [1.29, 1.82) is 0 Å².